The number of rotatable bonds is 3. The van der Waals surface area contributed by atoms with E-state index in [2.05, 4.69) is 22.5 Å². The van der Waals surface area contributed by atoms with E-state index in [0.717, 1.165) is 31.7 Å². The molecule has 106 valence electrons. The normalized spacial score (nSPS) is 19.6. The Morgan fingerprint density at radius 3 is 2.68 bits per heavy atom. The fraction of sp³-hybridized carbons (Fsp3) is 0.500. The fourth-order valence-corrected chi connectivity index (χ4v) is 2.26. The van der Waals surface area contributed by atoms with Crippen LogP contribution in [-0.2, 0) is 6.54 Å². The molecule has 0 aliphatic carbocycles. The van der Waals surface area contributed by atoms with Gasteiger partial charge >= 0.3 is 0 Å². The summed E-state index contributed by atoms with van der Waals surface area (Å²) in [5, 5.41) is 6.02. The molecule has 1 atom stereocenters. The largest absolute Gasteiger partial charge is 0.355 e. The van der Waals surface area contributed by atoms with Gasteiger partial charge in [-0.05, 0) is 24.6 Å². The third-order valence-electron chi connectivity index (χ3n) is 3.47. The van der Waals surface area contributed by atoms with Crippen molar-refractivity contribution in [2.75, 3.05) is 26.7 Å². The summed E-state index contributed by atoms with van der Waals surface area (Å²) in [5.74, 6) is -0.0305. The fourth-order valence-electron chi connectivity index (χ4n) is 2.26. The number of benzene rings is 1. The van der Waals surface area contributed by atoms with E-state index in [0.29, 0.717) is 6.04 Å². The van der Waals surface area contributed by atoms with Crippen LogP contribution in [0.3, 0.4) is 0 Å². The Hall–Kier alpha value is -1.10. The number of carbonyl (C=O) groups excluding carboxylic acids is 1. The molecular formula is C14H22ClN3O. The lowest BCUT2D eigenvalue weighted by atomic mass is 10.1. The molecule has 0 saturated carbocycles. The topological polar surface area (TPSA) is 44.4 Å². The van der Waals surface area contributed by atoms with Crippen molar-refractivity contribution in [1.82, 2.24) is 15.5 Å². The molecule has 1 saturated heterocycles. The molecule has 5 heteroatoms. The van der Waals surface area contributed by atoms with E-state index >= 15 is 0 Å². The minimum atomic E-state index is -0.0305. The number of carbonyl (C=O) groups is 1. The Bertz CT molecular complexity index is 408. The number of halogens is 1. The number of piperazine rings is 1. The molecule has 1 aliphatic rings. The van der Waals surface area contributed by atoms with Gasteiger partial charge in [-0.1, -0.05) is 12.1 Å². The second kappa shape index (κ2) is 7.48. The van der Waals surface area contributed by atoms with Crippen molar-refractivity contribution in [1.29, 1.82) is 0 Å². The number of nitrogens with zero attached hydrogens (tertiary/aromatic N) is 1. The number of amides is 1. The van der Waals surface area contributed by atoms with Gasteiger partial charge in [-0.25, -0.2) is 0 Å². The van der Waals surface area contributed by atoms with Crippen LogP contribution in [-0.4, -0.2) is 43.5 Å². The maximum absolute atomic E-state index is 11.4. The van der Waals surface area contributed by atoms with Crippen LogP contribution in [0.1, 0.15) is 22.8 Å². The standard InChI is InChI=1S/C14H21N3O.ClH/c1-11-9-16-7-8-17(11)10-12-3-5-13(6-4-12)14(18)15-2;/h3-6,11,16H,7-10H2,1-2H3,(H,15,18);1H/t11-;/m1./s1. The predicted molar refractivity (Wildman–Crippen MR) is 79.8 cm³/mol. The molecule has 0 aromatic heterocycles. The van der Waals surface area contributed by atoms with Crippen LogP contribution < -0.4 is 10.6 Å². The summed E-state index contributed by atoms with van der Waals surface area (Å²) >= 11 is 0. The Kier molecular flexibility index (Phi) is 6.28. The number of hydrogen-bond donors (Lipinski definition) is 2. The average molecular weight is 284 g/mol. The third kappa shape index (κ3) is 4.20. The summed E-state index contributed by atoms with van der Waals surface area (Å²) in [7, 11) is 1.65. The van der Waals surface area contributed by atoms with Crippen LogP contribution in [0.2, 0.25) is 0 Å². The Morgan fingerprint density at radius 1 is 1.42 bits per heavy atom. The van der Waals surface area contributed by atoms with E-state index in [4.69, 9.17) is 0 Å². The van der Waals surface area contributed by atoms with Crippen molar-refractivity contribution in [3.05, 3.63) is 35.4 Å². The molecule has 1 aromatic carbocycles. The van der Waals surface area contributed by atoms with E-state index < -0.39 is 0 Å². The molecule has 0 unspecified atom stereocenters. The predicted octanol–water partition coefficient (Wildman–Crippen LogP) is 1.26. The first-order chi connectivity index (χ1) is 8.70. The molecule has 1 aliphatic heterocycles. The van der Waals surface area contributed by atoms with E-state index in [1.165, 1.54) is 5.56 Å². The van der Waals surface area contributed by atoms with Gasteiger partial charge in [-0.15, -0.1) is 12.4 Å². The van der Waals surface area contributed by atoms with Gasteiger partial charge in [0.05, 0.1) is 0 Å². The highest BCUT2D eigenvalue weighted by Gasteiger charge is 2.17. The van der Waals surface area contributed by atoms with Gasteiger partial charge in [0.25, 0.3) is 5.91 Å². The van der Waals surface area contributed by atoms with Crippen LogP contribution in [0.4, 0.5) is 0 Å². The van der Waals surface area contributed by atoms with Crippen molar-refractivity contribution in [2.45, 2.75) is 19.5 Å². The van der Waals surface area contributed by atoms with Crippen molar-refractivity contribution in [3.8, 4) is 0 Å². The van der Waals surface area contributed by atoms with E-state index in [-0.39, 0.29) is 18.3 Å². The molecule has 2 N–H and O–H groups in total. The second-order valence-corrected chi connectivity index (χ2v) is 4.80. The summed E-state index contributed by atoms with van der Waals surface area (Å²) < 4.78 is 0. The van der Waals surface area contributed by atoms with Crippen LogP contribution in [0.5, 0.6) is 0 Å². The zero-order chi connectivity index (χ0) is 13.0. The minimum Gasteiger partial charge on any atom is -0.355 e. The number of hydrogen-bond acceptors (Lipinski definition) is 3. The maximum Gasteiger partial charge on any atom is 0.251 e. The van der Waals surface area contributed by atoms with Crippen molar-refractivity contribution < 1.29 is 4.79 Å². The maximum atomic E-state index is 11.4. The lowest BCUT2D eigenvalue weighted by molar-refractivity contribution is 0.0963. The van der Waals surface area contributed by atoms with E-state index in [1.807, 2.05) is 24.3 Å². The Labute approximate surface area is 121 Å². The van der Waals surface area contributed by atoms with Gasteiger partial charge in [-0.2, -0.15) is 0 Å². The van der Waals surface area contributed by atoms with Crippen LogP contribution >= 0.6 is 12.4 Å². The monoisotopic (exact) mass is 283 g/mol. The first-order valence-corrected chi connectivity index (χ1v) is 6.46. The Balaban J connectivity index is 0.00000180. The van der Waals surface area contributed by atoms with E-state index in [1.54, 1.807) is 7.05 Å². The smallest absolute Gasteiger partial charge is 0.251 e. The van der Waals surface area contributed by atoms with Crippen molar-refractivity contribution in [3.63, 3.8) is 0 Å². The molecule has 1 heterocycles. The highest BCUT2D eigenvalue weighted by Crippen LogP contribution is 2.11. The first-order valence-electron chi connectivity index (χ1n) is 6.46. The molecule has 19 heavy (non-hydrogen) atoms. The third-order valence-corrected chi connectivity index (χ3v) is 3.47. The highest BCUT2D eigenvalue weighted by molar-refractivity contribution is 5.93. The molecule has 1 amide bonds. The Morgan fingerprint density at radius 2 is 2.11 bits per heavy atom. The zero-order valence-corrected chi connectivity index (χ0v) is 12.3. The van der Waals surface area contributed by atoms with Gasteiger partial charge in [-0.3, -0.25) is 9.69 Å². The van der Waals surface area contributed by atoms with Gasteiger partial charge < -0.3 is 10.6 Å². The van der Waals surface area contributed by atoms with Crippen LogP contribution in [0, 0.1) is 0 Å². The molecule has 0 spiro atoms. The molecule has 0 bridgehead atoms. The quantitative estimate of drug-likeness (QED) is 0.878. The van der Waals surface area contributed by atoms with Crippen LogP contribution in [0.15, 0.2) is 24.3 Å². The summed E-state index contributed by atoms with van der Waals surface area (Å²) in [6.45, 7) is 6.39. The van der Waals surface area contributed by atoms with E-state index in [9.17, 15) is 4.79 Å². The van der Waals surface area contributed by atoms with Gasteiger partial charge in [0, 0.05) is 44.8 Å². The van der Waals surface area contributed by atoms with Gasteiger partial charge in [0.15, 0.2) is 0 Å². The highest BCUT2D eigenvalue weighted by atomic mass is 35.5. The molecule has 4 nitrogen and oxygen atoms in total. The molecule has 0 radical (unpaired) electrons. The summed E-state index contributed by atoms with van der Waals surface area (Å²) in [4.78, 5) is 13.9. The van der Waals surface area contributed by atoms with Gasteiger partial charge in [0.2, 0.25) is 0 Å². The second-order valence-electron chi connectivity index (χ2n) is 4.80. The SMILES string of the molecule is CNC(=O)c1ccc(CN2CCNC[C@H]2C)cc1.Cl. The lowest BCUT2D eigenvalue weighted by Crippen LogP contribution is -2.49. The summed E-state index contributed by atoms with van der Waals surface area (Å²) in [6, 6.07) is 8.43. The van der Waals surface area contributed by atoms with Crippen molar-refractivity contribution in [2.24, 2.45) is 0 Å². The zero-order valence-electron chi connectivity index (χ0n) is 11.5. The van der Waals surface area contributed by atoms with Crippen molar-refractivity contribution >= 4 is 18.3 Å². The summed E-state index contributed by atoms with van der Waals surface area (Å²) in [6.07, 6.45) is 0. The molecule has 2 rings (SSSR count). The van der Waals surface area contributed by atoms with Crippen LogP contribution in [0.25, 0.3) is 0 Å². The minimum absolute atomic E-state index is 0. The molecular weight excluding hydrogens is 262 g/mol. The van der Waals surface area contributed by atoms with Gasteiger partial charge in [0.1, 0.15) is 0 Å². The lowest BCUT2D eigenvalue weighted by Gasteiger charge is -2.33. The number of nitrogens with one attached hydrogen (secondary N) is 2. The molecule has 1 aromatic rings. The first kappa shape index (κ1) is 16.0. The molecule has 1 fully saturated rings. The average Bonchev–Trinajstić information content (AvgIpc) is 2.41. The summed E-state index contributed by atoms with van der Waals surface area (Å²) in [5.41, 5.74) is 1.98.